The molecule has 29 heavy (non-hydrogen) atoms. The first kappa shape index (κ1) is 20.0. The number of nitriles is 1. The van der Waals surface area contributed by atoms with Crippen LogP contribution in [0.5, 0.6) is 17.5 Å². The second kappa shape index (κ2) is 8.93. The highest BCUT2D eigenvalue weighted by Gasteiger charge is 2.20. The molecule has 1 aromatic heterocycles. The zero-order valence-corrected chi connectivity index (χ0v) is 16.5. The van der Waals surface area contributed by atoms with Crippen molar-refractivity contribution in [2.45, 2.75) is 19.8 Å². The number of carbonyl (C=O) groups is 1. The Hall–Kier alpha value is -3.79. The molecule has 0 amide bonds. The van der Waals surface area contributed by atoms with Crippen molar-refractivity contribution in [1.29, 1.82) is 5.26 Å². The number of allylic oxidation sites excluding steroid dienone is 5. The summed E-state index contributed by atoms with van der Waals surface area (Å²) >= 11 is 0. The van der Waals surface area contributed by atoms with Crippen molar-refractivity contribution in [1.82, 2.24) is 9.78 Å². The number of ketones is 1. The number of ether oxygens (including phenoxy) is 3. The molecule has 0 saturated heterocycles. The van der Waals surface area contributed by atoms with E-state index in [0.29, 0.717) is 46.4 Å². The summed E-state index contributed by atoms with van der Waals surface area (Å²) in [5.74, 6) is 1.71. The van der Waals surface area contributed by atoms with Crippen LogP contribution in [0.2, 0.25) is 0 Å². The molecule has 7 heteroatoms. The van der Waals surface area contributed by atoms with Crippen LogP contribution in [0.4, 0.5) is 0 Å². The first-order valence-corrected chi connectivity index (χ1v) is 9.06. The molecular weight excluding hydrogens is 370 g/mol. The summed E-state index contributed by atoms with van der Waals surface area (Å²) in [6, 6.07) is 10.7. The highest BCUT2D eigenvalue weighted by Crippen LogP contribution is 2.31. The van der Waals surface area contributed by atoms with Gasteiger partial charge in [-0.25, -0.2) is 4.68 Å². The quantitative estimate of drug-likeness (QED) is 0.520. The van der Waals surface area contributed by atoms with Crippen LogP contribution in [-0.4, -0.2) is 22.7 Å². The van der Waals surface area contributed by atoms with Gasteiger partial charge in [-0.05, 0) is 25.5 Å². The maximum atomic E-state index is 12.0. The summed E-state index contributed by atoms with van der Waals surface area (Å²) in [7, 11) is 3.23. The molecule has 7 nitrogen and oxygen atoms in total. The molecule has 2 aromatic rings. The van der Waals surface area contributed by atoms with Gasteiger partial charge in [-0.1, -0.05) is 24.3 Å². The molecule has 148 valence electrons. The average molecular weight is 391 g/mol. The molecule has 0 N–H and O–H groups in total. The molecule has 3 rings (SSSR count). The van der Waals surface area contributed by atoms with Crippen LogP contribution in [0, 0.1) is 11.3 Å². The van der Waals surface area contributed by atoms with Gasteiger partial charge in [-0.2, -0.15) is 5.26 Å². The number of methoxy groups -OCH3 is 1. The van der Waals surface area contributed by atoms with Crippen LogP contribution < -0.4 is 9.47 Å². The third kappa shape index (κ3) is 4.55. The number of aryl methyl sites for hydroxylation is 1. The highest BCUT2D eigenvalue weighted by molar-refractivity contribution is 5.98. The minimum absolute atomic E-state index is 0.114. The molecular formula is C22H21N3O4. The molecule has 0 saturated carbocycles. The number of nitrogens with zero attached hydrogens (tertiary/aromatic N) is 3. The number of benzene rings is 1. The van der Waals surface area contributed by atoms with Gasteiger partial charge in [-0.15, -0.1) is 5.10 Å². The lowest BCUT2D eigenvalue weighted by molar-refractivity contribution is -0.113. The maximum Gasteiger partial charge on any atom is 0.242 e. The number of aromatic nitrogens is 2. The highest BCUT2D eigenvalue weighted by atomic mass is 16.5. The first-order valence-electron chi connectivity index (χ1n) is 9.06. The van der Waals surface area contributed by atoms with E-state index in [-0.39, 0.29) is 5.78 Å². The standard InChI is InChI=1S/C22H21N3O4/c1-15(26)18(14-27-3)17-9-5-7-11-20(17)29-22-12-21(24-25(22)2)28-19-10-6-4-8-16(19)13-23/h4-6,8-10,12,14H,7,11H2,1-3H3/b18-14-. The van der Waals surface area contributed by atoms with Crippen molar-refractivity contribution in [2.24, 2.45) is 7.05 Å². The summed E-state index contributed by atoms with van der Waals surface area (Å²) in [6.45, 7) is 1.49. The number of para-hydroxylation sites is 1. The van der Waals surface area contributed by atoms with Gasteiger partial charge >= 0.3 is 0 Å². The number of Topliss-reactive ketones (excluding diaryl/α,β-unsaturated/α-hetero) is 1. The Kier molecular flexibility index (Phi) is 6.15. The topological polar surface area (TPSA) is 86.4 Å². The van der Waals surface area contributed by atoms with E-state index >= 15 is 0 Å². The van der Waals surface area contributed by atoms with Gasteiger partial charge in [0.25, 0.3) is 0 Å². The van der Waals surface area contributed by atoms with E-state index in [1.54, 1.807) is 42.1 Å². The molecule has 0 aliphatic heterocycles. The Labute approximate surface area is 169 Å². The zero-order valence-electron chi connectivity index (χ0n) is 16.5. The van der Waals surface area contributed by atoms with Crippen molar-refractivity contribution < 1.29 is 19.0 Å². The summed E-state index contributed by atoms with van der Waals surface area (Å²) < 4.78 is 18.4. The van der Waals surface area contributed by atoms with Crippen LogP contribution in [0.25, 0.3) is 0 Å². The minimum Gasteiger partial charge on any atom is -0.504 e. The van der Waals surface area contributed by atoms with E-state index in [1.807, 2.05) is 12.2 Å². The van der Waals surface area contributed by atoms with Crippen molar-refractivity contribution in [2.75, 3.05) is 7.11 Å². The smallest absolute Gasteiger partial charge is 0.242 e. The number of rotatable bonds is 7. The Bertz CT molecular complexity index is 1050. The van der Waals surface area contributed by atoms with Gasteiger partial charge in [0.05, 0.1) is 30.6 Å². The molecule has 0 radical (unpaired) electrons. The Morgan fingerprint density at radius 1 is 1.31 bits per heavy atom. The van der Waals surface area contributed by atoms with Crippen LogP contribution in [-0.2, 0) is 16.6 Å². The SMILES string of the molecule is CO/C=C(/C(C)=O)C1=C(Oc2cc(Oc3ccccc3C#N)nn2C)CCC=C1. The summed E-state index contributed by atoms with van der Waals surface area (Å²) in [5.41, 5.74) is 1.54. The van der Waals surface area contributed by atoms with Crippen molar-refractivity contribution in [3.8, 4) is 23.6 Å². The number of hydrogen-bond donors (Lipinski definition) is 0. The molecule has 1 aliphatic rings. The van der Waals surface area contributed by atoms with E-state index < -0.39 is 0 Å². The fourth-order valence-corrected chi connectivity index (χ4v) is 2.90. The zero-order chi connectivity index (χ0) is 20.8. The van der Waals surface area contributed by atoms with Gasteiger partial charge in [0.2, 0.25) is 11.8 Å². The third-order valence-corrected chi connectivity index (χ3v) is 4.29. The van der Waals surface area contributed by atoms with Crippen LogP contribution >= 0.6 is 0 Å². The predicted octanol–water partition coefficient (Wildman–Crippen LogP) is 4.19. The number of carbonyl (C=O) groups excluding carboxylic acids is 1. The van der Waals surface area contributed by atoms with Gasteiger partial charge in [-0.3, -0.25) is 4.79 Å². The van der Waals surface area contributed by atoms with Crippen molar-refractivity contribution >= 4 is 5.78 Å². The first-order chi connectivity index (χ1) is 14.0. The monoisotopic (exact) mass is 391 g/mol. The second-order valence-corrected chi connectivity index (χ2v) is 6.36. The molecule has 0 unspecified atom stereocenters. The second-order valence-electron chi connectivity index (χ2n) is 6.36. The van der Waals surface area contributed by atoms with E-state index in [1.165, 1.54) is 20.3 Å². The molecule has 0 atom stereocenters. The van der Waals surface area contributed by atoms with Crippen molar-refractivity contribution in [3.63, 3.8) is 0 Å². The largest absolute Gasteiger partial charge is 0.504 e. The third-order valence-electron chi connectivity index (χ3n) is 4.29. The number of hydrogen-bond acceptors (Lipinski definition) is 6. The molecule has 0 bridgehead atoms. The summed E-state index contributed by atoms with van der Waals surface area (Å²) in [5, 5.41) is 13.5. The van der Waals surface area contributed by atoms with Crippen molar-refractivity contribution in [3.05, 3.63) is 71.2 Å². The molecule has 1 heterocycles. The molecule has 1 aliphatic carbocycles. The van der Waals surface area contributed by atoms with E-state index in [4.69, 9.17) is 14.2 Å². The Balaban J connectivity index is 1.90. The lowest BCUT2D eigenvalue weighted by Crippen LogP contribution is -2.10. The Morgan fingerprint density at radius 2 is 2.10 bits per heavy atom. The predicted molar refractivity (Wildman–Crippen MR) is 106 cm³/mol. The molecule has 0 spiro atoms. The Morgan fingerprint density at radius 3 is 2.83 bits per heavy atom. The normalized spacial score (nSPS) is 13.8. The fraction of sp³-hybridized carbons (Fsp3) is 0.227. The van der Waals surface area contributed by atoms with Gasteiger partial charge in [0, 0.05) is 19.0 Å². The lowest BCUT2D eigenvalue weighted by atomic mass is 9.96. The maximum absolute atomic E-state index is 12.0. The van der Waals surface area contributed by atoms with Crippen LogP contribution in [0.15, 0.2) is 65.7 Å². The van der Waals surface area contributed by atoms with Gasteiger partial charge in [0.1, 0.15) is 17.6 Å². The minimum atomic E-state index is -0.114. The summed E-state index contributed by atoms with van der Waals surface area (Å²) in [4.78, 5) is 12.0. The fourth-order valence-electron chi connectivity index (χ4n) is 2.90. The van der Waals surface area contributed by atoms with Crippen LogP contribution in [0.1, 0.15) is 25.3 Å². The van der Waals surface area contributed by atoms with E-state index in [2.05, 4.69) is 11.2 Å². The summed E-state index contributed by atoms with van der Waals surface area (Å²) in [6.07, 6.45) is 6.72. The average Bonchev–Trinajstić information content (AvgIpc) is 3.05. The molecule has 1 aromatic carbocycles. The lowest BCUT2D eigenvalue weighted by Gasteiger charge is -2.17. The van der Waals surface area contributed by atoms with E-state index in [9.17, 15) is 10.1 Å². The molecule has 0 fully saturated rings. The van der Waals surface area contributed by atoms with E-state index in [0.717, 1.165) is 6.42 Å². The van der Waals surface area contributed by atoms with Crippen LogP contribution in [0.3, 0.4) is 0 Å². The van der Waals surface area contributed by atoms with Gasteiger partial charge in [0.15, 0.2) is 5.78 Å². The van der Waals surface area contributed by atoms with Gasteiger partial charge < -0.3 is 14.2 Å².